The van der Waals surface area contributed by atoms with E-state index in [1.165, 1.54) is 0 Å². The molecule has 2 aromatic carbocycles. The fourth-order valence-corrected chi connectivity index (χ4v) is 5.01. The number of aliphatic hydroxyl groups excluding tert-OH is 1. The average molecular weight is 397 g/mol. The first-order valence-electron chi connectivity index (χ1n) is 9.76. The van der Waals surface area contributed by atoms with E-state index in [2.05, 4.69) is 0 Å². The van der Waals surface area contributed by atoms with Crippen molar-refractivity contribution < 1.29 is 19.4 Å². The molecule has 2 aliphatic heterocycles. The lowest BCUT2D eigenvalue weighted by molar-refractivity contribution is -0.118. The Morgan fingerprint density at radius 3 is 2.43 bits per heavy atom. The second-order valence-electron chi connectivity index (χ2n) is 7.69. The number of ketones is 1. The average Bonchev–Trinajstić information content (AvgIpc) is 3.37. The molecule has 4 atom stereocenters. The highest BCUT2D eigenvalue weighted by atomic mass is 35.5. The van der Waals surface area contributed by atoms with Gasteiger partial charge in [-0.1, -0.05) is 24.6 Å². The van der Waals surface area contributed by atoms with Crippen LogP contribution in [-0.4, -0.2) is 23.1 Å². The van der Waals surface area contributed by atoms with Gasteiger partial charge in [-0.3, -0.25) is 4.79 Å². The number of rotatable bonds is 4. The van der Waals surface area contributed by atoms with E-state index in [4.69, 9.17) is 21.1 Å². The molecule has 2 aromatic rings. The molecule has 0 spiro atoms. The van der Waals surface area contributed by atoms with Gasteiger partial charge in [-0.05, 0) is 66.8 Å². The van der Waals surface area contributed by atoms with Gasteiger partial charge in [0.05, 0.1) is 29.6 Å². The summed E-state index contributed by atoms with van der Waals surface area (Å²) in [5.41, 5.74) is 2.24. The number of carbonyl (C=O) groups excluding carboxylic acids is 1. The maximum atomic E-state index is 13.2. The number of allylic oxidation sites excluding steroid dienone is 1. The van der Waals surface area contributed by atoms with Crippen molar-refractivity contribution in [1.82, 2.24) is 0 Å². The van der Waals surface area contributed by atoms with E-state index in [1.807, 2.05) is 25.1 Å². The SMILES string of the molecule is CCc1ccc(Oc2ccc(Cl)cc2)cc1C1=C(O)[C@H]2[C@@H](C1=O)[C@@H]1CC[C@H]2O1. The predicted molar refractivity (Wildman–Crippen MR) is 107 cm³/mol. The number of hydrogen-bond donors (Lipinski definition) is 1. The molecule has 2 fully saturated rings. The summed E-state index contributed by atoms with van der Waals surface area (Å²) in [5, 5.41) is 11.6. The Morgan fingerprint density at radius 2 is 1.75 bits per heavy atom. The maximum Gasteiger partial charge on any atom is 0.173 e. The van der Waals surface area contributed by atoms with Gasteiger partial charge in [-0.25, -0.2) is 0 Å². The summed E-state index contributed by atoms with van der Waals surface area (Å²) in [6.45, 7) is 2.04. The van der Waals surface area contributed by atoms with E-state index in [1.54, 1.807) is 24.3 Å². The summed E-state index contributed by atoms with van der Waals surface area (Å²) >= 11 is 5.94. The van der Waals surface area contributed by atoms with Gasteiger partial charge in [0, 0.05) is 5.02 Å². The van der Waals surface area contributed by atoms with Gasteiger partial charge in [0.25, 0.3) is 0 Å². The van der Waals surface area contributed by atoms with Crippen molar-refractivity contribution in [1.29, 1.82) is 0 Å². The van der Waals surface area contributed by atoms with Crippen molar-refractivity contribution in [2.45, 2.75) is 38.4 Å². The molecule has 0 aromatic heterocycles. The van der Waals surface area contributed by atoms with Crippen LogP contribution < -0.4 is 4.74 Å². The summed E-state index contributed by atoms with van der Waals surface area (Å²) in [5.74, 6) is 1.07. The summed E-state index contributed by atoms with van der Waals surface area (Å²) in [6.07, 6.45) is 2.49. The lowest BCUT2D eigenvalue weighted by atomic mass is 9.80. The van der Waals surface area contributed by atoms with Crippen LogP contribution in [-0.2, 0) is 16.0 Å². The molecule has 1 N–H and O–H groups in total. The van der Waals surface area contributed by atoms with Gasteiger partial charge in [-0.2, -0.15) is 0 Å². The van der Waals surface area contributed by atoms with E-state index in [-0.39, 0.29) is 35.6 Å². The lowest BCUT2D eigenvalue weighted by Crippen LogP contribution is -2.29. The van der Waals surface area contributed by atoms with Crippen molar-refractivity contribution in [3.63, 3.8) is 0 Å². The molecule has 0 unspecified atom stereocenters. The molecular formula is C23H21ClO4. The third-order valence-electron chi connectivity index (χ3n) is 6.18. The smallest absolute Gasteiger partial charge is 0.173 e. The molecule has 0 radical (unpaired) electrons. The van der Waals surface area contributed by atoms with Crippen LogP contribution in [0.4, 0.5) is 0 Å². The molecule has 0 saturated carbocycles. The van der Waals surface area contributed by atoms with Crippen molar-refractivity contribution in [3.05, 3.63) is 64.4 Å². The van der Waals surface area contributed by atoms with E-state index >= 15 is 0 Å². The molecule has 2 saturated heterocycles. The number of aliphatic hydroxyl groups is 1. The molecule has 5 rings (SSSR count). The van der Waals surface area contributed by atoms with Gasteiger partial charge in [0.2, 0.25) is 0 Å². The zero-order valence-electron chi connectivity index (χ0n) is 15.5. The Morgan fingerprint density at radius 1 is 1.07 bits per heavy atom. The summed E-state index contributed by atoms with van der Waals surface area (Å²) in [6, 6.07) is 12.9. The second-order valence-corrected chi connectivity index (χ2v) is 8.13. The number of hydrogen-bond acceptors (Lipinski definition) is 4. The Balaban J connectivity index is 1.53. The summed E-state index contributed by atoms with van der Waals surface area (Å²) in [4.78, 5) is 13.2. The van der Waals surface area contributed by atoms with Crippen LogP contribution in [0.25, 0.3) is 5.57 Å². The monoisotopic (exact) mass is 396 g/mol. The Kier molecular flexibility index (Phi) is 4.22. The van der Waals surface area contributed by atoms with Crippen LogP contribution in [0.1, 0.15) is 30.9 Å². The van der Waals surface area contributed by atoms with E-state index in [0.29, 0.717) is 22.1 Å². The molecular weight excluding hydrogens is 376 g/mol. The van der Waals surface area contributed by atoms with Crippen LogP contribution in [0.15, 0.2) is 48.2 Å². The van der Waals surface area contributed by atoms with E-state index in [0.717, 1.165) is 30.4 Å². The zero-order chi connectivity index (χ0) is 19.4. The molecule has 144 valence electrons. The van der Waals surface area contributed by atoms with Crippen LogP contribution >= 0.6 is 11.6 Å². The number of Topliss-reactive ketones (excluding diaryl/α,β-unsaturated/α-hetero) is 1. The highest BCUT2D eigenvalue weighted by Gasteiger charge is 2.59. The Hall–Kier alpha value is -2.30. The van der Waals surface area contributed by atoms with E-state index in [9.17, 15) is 9.90 Å². The van der Waals surface area contributed by atoms with Crippen molar-refractivity contribution in [2.24, 2.45) is 11.8 Å². The van der Waals surface area contributed by atoms with Gasteiger partial charge >= 0.3 is 0 Å². The summed E-state index contributed by atoms with van der Waals surface area (Å²) in [7, 11) is 0. The largest absolute Gasteiger partial charge is 0.511 e. The quantitative estimate of drug-likeness (QED) is 0.757. The van der Waals surface area contributed by atoms with Gasteiger partial charge in [-0.15, -0.1) is 0 Å². The lowest BCUT2D eigenvalue weighted by Gasteiger charge is -2.19. The molecule has 4 nitrogen and oxygen atoms in total. The van der Waals surface area contributed by atoms with E-state index < -0.39 is 0 Å². The number of carbonyl (C=O) groups is 1. The second kappa shape index (κ2) is 6.64. The minimum Gasteiger partial charge on any atom is -0.511 e. The van der Waals surface area contributed by atoms with Gasteiger partial charge in [0.15, 0.2) is 5.78 Å². The molecule has 1 aliphatic carbocycles. The van der Waals surface area contributed by atoms with Gasteiger partial charge in [0.1, 0.15) is 17.3 Å². The zero-order valence-corrected chi connectivity index (χ0v) is 16.3. The Bertz CT molecular complexity index is 979. The third-order valence-corrected chi connectivity index (χ3v) is 6.43. The van der Waals surface area contributed by atoms with Crippen LogP contribution in [0.3, 0.4) is 0 Å². The van der Waals surface area contributed by atoms with Gasteiger partial charge < -0.3 is 14.6 Å². The molecule has 5 heteroatoms. The molecule has 2 heterocycles. The molecule has 0 amide bonds. The molecule has 28 heavy (non-hydrogen) atoms. The number of benzene rings is 2. The first-order chi connectivity index (χ1) is 13.6. The highest BCUT2D eigenvalue weighted by molar-refractivity contribution is 6.30. The number of halogens is 1. The number of fused-ring (bicyclic) bond motifs is 5. The first-order valence-corrected chi connectivity index (χ1v) is 10.1. The predicted octanol–water partition coefficient (Wildman–Crippen LogP) is 5.34. The highest BCUT2D eigenvalue weighted by Crippen LogP contribution is 2.54. The fraction of sp³-hybridized carbons (Fsp3) is 0.348. The minimum absolute atomic E-state index is 0.00745. The minimum atomic E-state index is -0.237. The summed E-state index contributed by atoms with van der Waals surface area (Å²) < 4.78 is 11.8. The van der Waals surface area contributed by atoms with Crippen molar-refractivity contribution in [3.8, 4) is 11.5 Å². The fourth-order valence-electron chi connectivity index (χ4n) is 4.89. The normalized spacial score (nSPS) is 28.1. The topological polar surface area (TPSA) is 55.8 Å². The molecule has 2 bridgehead atoms. The van der Waals surface area contributed by atoms with Crippen molar-refractivity contribution in [2.75, 3.05) is 0 Å². The maximum absolute atomic E-state index is 13.2. The number of ether oxygens (including phenoxy) is 2. The molecule has 3 aliphatic rings. The Labute approximate surface area is 168 Å². The standard InChI is InChI=1S/C23H21ClO4/c1-2-12-3-6-15(27-14-7-4-13(24)5-8-14)11-16(12)19-22(25)20-17-9-10-18(28-17)21(20)23(19)26/h3-8,11,17-18,20-21,25H,2,9-10H2,1H3/t17-,18+,20-,21+/m1/s1. The van der Waals surface area contributed by atoms with Crippen LogP contribution in [0, 0.1) is 11.8 Å². The number of aryl methyl sites for hydroxylation is 1. The van der Waals surface area contributed by atoms with Crippen molar-refractivity contribution >= 4 is 23.0 Å². The van der Waals surface area contributed by atoms with Crippen LogP contribution in [0.5, 0.6) is 11.5 Å². The first kappa shape index (κ1) is 17.8. The van der Waals surface area contributed by atoms with Crippen LogP contribution in [0.2, 0.25) is 5.02 Å². The third kappa shape index (κ3) is 2.66.